The number of alkyl carbamates (subject to hydrolysis) is 1. The Bertz CT molecular complexity index is 699. The van der Waals surface area contributed by atoms with Gasteiger partial charge in [0.25, 0.3) is 0 Å². The topological polar surface area (TPSA) is 84.9 Å². The molecule has 6 heteroatoms. The molecule has 1 aromatic carbocycles. The monoisotopic (exact) mass is 435 g/mol. The summed E-state index contributed by atoms with van der Waals surface area (Å²) in [4.78, 5) is 22.4. The van der Waals surface area contributed by atoms with Gasteiger partial charge in [0.05, 0.1) is 7.11 Å². The second-order valence-electron chi connectivity index (χ2n) is 9.41. The Hall–Kier alpha value is -2.24. The summed E-state index contributed by atoms with van der Waals surface area (Å²) in [6, 6.07) is 6.29. The van der Waals surface area contributed by atoms with E-state index in [2.05, 4.69) is 38.2 Å². The van der Waals surface area contributed by atoms with Crippen LogP contribution in [0, 0.1) is 11.8 Å². The zero-order valence-electron chi connectivity index (χ0n) is 20.1. The van der Waals surface area contributed by atoms with Crippen molar-refractivity contribution < 1.29 is 24.2 Å². The Kier molecular flexibility index (Phi) is 11.4. The van der Waals surface area contributed by atoms with Crippen molar-refractivity contribution in [3.05, 3.63) is 29.3 Å². The number of nitrogens with one attached hydrogen (secondary N) is 1. The summed E-state index contributed by atoms with van der Waals surface area (Å²) >= 11 is 0. The lowest BCUT2D eigenvalue weighted by Crippen LogP contribution is -2.38. The maximum Gasteiger partial charge on any atom is 0.408 e. The lowest BCUT2D eigenvalue weighted by Gasteiger charge is -2.26. The van der Waals surface area contributed by atoms with Gasteiger partial charge >= 0.3 is 12.1 Å². The first kappa shape index (κ1) is 26.8. The smallest absolute Gasteiger partial charge is 0.408 e. The number of carbonyl (C=O) groups excluding carboxylic acids is 1. The van der Waals surface area contributed by atoms with Crippen LogP contribution in [-0.4, -0.2) is 36.4 Å². The zero-order chi connectivity index (χ0) is 23.4. The van der Waals surface area contributed by atoms with Gasteiger partial charge in [-0.15, -0.1) is 0 Å². The molecule has 6 nitrogen and oxygen atoms in total. The van der Waals surface area contributed by atoms with Crippen molar-refractivity contribution in [1.29, 1.82) is 0 Å². The van der Waals surface area contributed by atoms with Crippen molar-refractivity contribution in [2.24, 2.45) is 11.8 Å². The van der Waals surface area contributed by atoms with Crippen molar-refractivity contribution in [2.45, 2.75) is 85.2 Å². The van der Waals surface area contributed by atoms with Crippen LogP contribution >= 0.6 is 0 Å². The highest BCUT2D eigenvalue weighted by Gasteiger charge is 2.25. The summed E-state index contributed by atoms with van der Waals surface area (Å²) < 4.78 is 11.1. The number of aliphatic carboxylic acids is 1. The molecule has 0 saturated heterocycles. The summed E-state index contributed by atoms with van der Waals surface area (Å²) in [5.74, 6) is 1.02. The molecule has 2 N–H and O–H groups in total. The molecular formula is C25H41NO5. The van der Waals surface area contributed by atoms with Gasteiger partial charge in [-0.2, -0.15) is 0 Å². The van der Waals surface area contributed by atoms with E-state index in [1.54, 1.807) is 21.0 Å². The van der Waals surface area contributed by atoms with E-state index >= 15 is 0 Å². The second-order valence-corrected chi connectivity index (χ2v) is 9.41. The van der Waals surface area contributed by atoms with Crippen molar-refractivity contribution in [3.8, 4) is 5.75 Å². The molecule has 176 valence electrons. The first-order valence-corrected chi connectivity index (χ1v) is 11.4. The first-order valence-electron chi connectivity index (χ1n) is 11.4. The van der Waals surface area contributed by atoms with Crippen molar-refractivity contribution in [3.63, 3.8) is 0 Å². The number of unbranched alkanes of at least 4 members (excludes halogenated alkanes) is 2. The predicted molar refractivity (Wildman–Crippen MR) is 124 cm³/mol. The van der Waals surface area contributed by atoms with E-state index in [1.807, 2.05) is 6.07 Å². The number of rotatable bonds is 14. The summed E-state index contributed by atoms with van der Waals surface area (Å²) in [6.45, 7) is 9.93. The summed E-state index contributed by atoms with van der Waals surface area (Å²) in [6.07, 6.45) is 7.03. The maximum atomic E-state index is 11.9. The molecule has 0 fully saturated rings. The predicted octanol–water partition coefficient (Wildman–Crippen LogP) is 5.61. The fourth-order valence-electron chi connectivity index (χ4n) is 3.98. The number of carboxylic acids is 1. The Morgan fingerprint density at radius 2 is 1.90 bits per heavy atom. The number of hydrogen-bond acceptors (Lipinski definition) is 4. The number of carboxylic acid groups (broad SMARTS) is 1. The van der Waals surface area contributed by atoms with Gasteiger partial charge in [0.15, 0.2) is 0 Å². The van der Waals surface area contributed by atoms with Crippen LogP contribution in [-0.2, 0) is 22.4 Å². The maximum absolute atomic E-state index is 11.9. The zero-order valence-corrected chi connectivity index (χ0v) is 20.1. The van der Waals surface area contributed by atoms with Gasteiger partial charge in [0, 0.05) is 6.42 Å². The Labute approximate surface area is 187 Å². The molecule has 1 amide bonds. The number of benzene rings is 1. The third kappa shape index (κ3) is 11.1. The van der Waals surface area contributed by atoms with Crippen LogP contribution in [0.3, 0.4) is 0 Å². The Morgan fingerprint density at radius 3 is 2.48 bits per heavy atom. The molecule has 1 rings (SSSR count). The number of ether oxygens (including phenoxy) is 2. The normalized spacial score (nSPS) is 12.5. The van der Waals surface area contributed by atoms with Gasteiger partial charge in [-0.1, -0.05) is 58.6 Å². The Balaban J connectivity index is 2.84. The summed E-state index contributed by atoms with van der Waals surface area (Å²) in [5, 5.41) is 10.9. The van der Waals surface area contributed by atoms with E-state index in [0.717, 1.165) is 17.7 Å². The van der Waals surface area contributed by atoms with Crippen LogP contribution in [0.4, 0.5) is 4.79 Å². The molecule has 1 aromatic rings. The standard InChI is InChI=1S/C25H41NO5/c1-7-8-9-10-19(13-18(2)3)14-20-11-12-21(22(15-20)30-6)16-25(4,5)31-24(29)26-17-23(27)28/h11-12,15,18-19H,7-10,13-14,16-17H2,1-6H3,(H,26,29)(H,27,28). The Morgan fingerprint density at radius 1 is 1.19 bits per heavy atom. The minimum Gasteiger partial charge on any atom is -0.496 e. The number of hydrogen-bond donors (Lipinski definition) is 2. The van der Waals surface area contributed by atoms with Crippen molar-refractivity contribution >= 4 is 12.1 Å². The lowest BCUT2D eigenvalue weighted by molar-refractivity contribution is -0.136. The lowest BCUT2D eigenvalue weighted by atomic mass is 9.86. The third-order valence-corrected chi connectivity index (χ3v) is 5.27. The molecule has 1 atom stereocenters. The molecule has 1 unspecified atom stereocenters. The molecule has 0 saturated carbocycles. The molecule has 0 aliphatic rings. The largest absolute Gasteiger partial charge is 0.496 e. The van der Waals surface area contributed by atoms with Gasteiger partial charge in [0.2, 0.25) is 0 Å². The van der Waals surface area contributed by atoms with Crippen molar-refractivity contribution in [2.75, 3.05) is 13.7 Å². The molecule has 0 aromatic heterocycles. The molecule has 0 aliphatic heterocycles. The third-order valence-electron chi connectivity index (χ3n) is 5.27. The van der Waals surface area contributed by atoms with Crippen LogP contribution in [0.15, 0.2) is 18.2 Å². The van der Waals surface area contributed by atoms with Crippen LogP contribution in [0.2, 0.25) is 0 Å². The second kappa shape index (κ2) is 13.2. The van der Waals surface area contributed by atoms with Gasteiger partial charge in [-0.3, -0.25) is 4.79 Å². The van der Waals surface area contributed by atoms with Crippen molar-refractivity contribution in [1.82, 2.24) is 5.32 Å². The molecule has 0 spiro atoms. The number of carbonyl (C=O) groups is 2. The molecule has 0 bridgehead atoms. The van der Waals surface area contributed by atoms with E-state index in [4.69, 9.17) is 14.6 Å². The molecule has 31 heavy (non-hydrogen) atoms. The van der Waals surface area contributed by atoms with Crippen LogP contribution in [0.5, 0.6) is 5.75 Å². The highest BCUT2D eigenvalue weighted by molar-refractivity contribution is 5.76. The molecule has 0 radical (unpaired) electrons. The summed E-state index contributed by atoms with van der Waals surface area (Å²) in [5.41, 5.74) is 1.41. The number of methoxy groups -OCH3 is 1. The first-order chi connectivity index (χ1) is 14.6. The average molecular weight is 436 g/mol. The molecular weight excluding hydrogens is 394 g/mol. The highest BCUT2D eigenvalue weighted by atomic mass is 16.6. The van der Waals surface area contributed by atoms with Gasteiger partial charge in [-0.25, -0.2) is 4.79 Å². The highest BCUT2D eigenvalue weighted by Crippen LogP contribution is 2.29. The SMILES string of the molecule is CCCCCC(Cc1ccc(CC(C)(C)OC(=O)NCC(=O)O)c(OC)c1)CC(C)C. The quantitative estimate of drug-likeness (QED) is 0.371. The van der Waals surface area contributed by atoms with E-state index < -0.39 is 24.2 Å². The van der Waals surface area contributed by atoms with Gasteiger partial charge in [-0.05, 0) is 55.7 Å². The average Bonchev–Trinajstić information content (AvgIpc) is 2.66. The summed E-state index contributed by atoms with van der Waals surface area (Å²) in [7, 11) is 1.66. The van der Waals surface area contributed by atoms with Gasteiger partial charge in [0.1, 0.15) is 17.9 Å². The fourth-order valence-corrected chi connectivity index (χ4v) is 3.98. The van der Waals surface area contributed by atoms with E-state index in [9.17, 15) is 9.59 Å². The molecule has 0 heterocycles. The fraction of sp³-hybridized carbons (Fsp3) is 0.680. The minimum absolute atomic E-state index is 0.461. The van der Waals surface area contributed by atoms with Crippen LogP contribution < -0.4 is 10.1 Å². The van der Waals surface area contributed by atoms with E-state index in [1.165, 1.54) is 37.7 Å². The van der Waals surface area contributed by atoms with E-state index in [-0.39, 0.29) is 0 Å². The number of amides is 1. The van der Waals surface area contributed by atoms with Crippen LogP contribution in [0.1, 0.15) is 77.8 Å². The van der Waals surface area contributed by atoms with Crippen LogP contribution in [0.25, 0.3) is 0 Å². The van der Waals surface area contributed by atoms with E-state index in [0.29, 0.717) is 18.3 Å². The van der Waals surface area contributed by atoms with Gasteiger partial charge < -0.3 is 19.9 Å². The molecule has 0 aliphatic carbocycles. The minimum atomic E-state index is -1.11.